The van der Waals surface area contributed by atoms with Gasteiger partial charge in [0.1, 0.15) is 0 Å². The lowest BCUT2D eigenvalue weighted by molar-refractivity contribution is -0.122. The molecule has 2 bridgehead atoms. The predicted molar refractivity (Wildman–Crippen MR) is 136 cm³/mol. The van der Waals surface area contributed by atoms with Crippen LogP contribution >= 0.6 is 31.9 Å². The average Bonchev–Trinajstić information content (AvgIpc) is 3.46. The summed E-state index contributed by atoms with van der Waals surface area (Å²) in [5, 5.41) is 0. The molecule has 1 aliphatic heterocycles. The van der Waals surface area contributed by atoms with Crippen LogP contribution < -0.4 is 4.90 Å². The van der Waals surface area contributed by atoms with Crippen molar-refractivity contribution in [1.82, 2.24) is 0 Å². The van der Waals surface area contributed by atoms with E-state index in [2.05, 4.69) is 68.3 Å². The van der Waals surface area contributed by atoms with Crippen LogP contribution in [-0.4, -0.2) is 11.8 Å². The van der Waals surface area contributed by atoms with Crippen molar-refractivity contribution in [2.75, 3.05) is 4.90 Å². The molecule has 0 aromatic heterocycles. The zero-order valence-corrected chi connectivity index (χ0v) is 20.7. The van der Waals surface area contributed by atoms with Crippen molar-refractivity contribution in [3.8, 4) is 0 Å². The molecule has 0 unspecified atom stereocenters. The Labute approximate surface area is 209 Å². The van der Waals surface area contributed by atoms with Crippen molar-refractivity contribution in [3.63, 3.8) is 0 Å². The third kappa shape index (κ3) is 3.21. The van der Waals surface area contributed by atoms with Crippen molar-refractivity contribution >= 4 is 54.9 Å². The summed E-state index contributed by atoms with van der Waals surface area (Å²) in [5.41, 5.74) is 5.15. The number of halogens is 2. The monoisotopic (exact) mass is 559 g/mol. The van der Waals surface area contributed by atoms with Crippen LogP contribution in [0, 0.1) is 23.7 Å². The Balaban J connectivity index is 1.50. The van der Waals surface area contributed by atoms with E-state index in [1.54, 1.807) is 0 Å². The molecule has 1 saturated carbocycles. The van der Waals surface area contributed by atoms with Gasteiger partial charge in [0.2, 0.25) is 11.8 Å². The minimum absolute atomic E-state index is 0.0764. The Kier molecular flexibility index (Phi) is 5.00. The standard InChI is InChI=1S/C28H19Br2NO2/c29-18-10-6-16(7-11-18)23(17-8-12-19(30)13-9-17)24-21-14-15-22(24)26-25(21)27(32)31(28(26)33)20-4-2-1-3-5-20/h1-15,21-22,25-26H/t21-,22-,25+,26+/m0/s1. The zero-order valence-electron chi connectivity index (χ0n) is 17.5. The number of benzene rings is 3. The minimum atomic E-state index is -0.344. The number of imide groups is 1. The van der Waals surface area contributed by atoms with Crippen molar-refractivity contribution in [3.05, 3.63) is 117 Å². The number of rotatable bonds is 3. The number of para-hydroxylation sites is 1. The Morgan fingerprint density at radius 3 is 1.55 bits per heavy atom. The van der Waals surface area contributed by atoms with Gasteiger partial charge in [-0.3, -0.25) is 9.59 Å². The van der Waals surface area contributed by atoms with Gasteiger partial charge in [0, 0.05) is 20.8 Å². The fraction of sp³-hybridized carbons (Fsp3) is 0.143. The second kappa shape index (κ2) is 7.93. The first-order valence-corrected chi connectivity index (χ1v) is 12.5. The van der Waals surface area contributed by atoms with Gasteiger partial charge in [0.15, 0.2) is 0 Å². The summed E-state index contributed by atoms with van der Waals surface area (Å²) >= 11 is 7.07. The number of amides is 2. The quantitative estimate of drug-likeness (QED) is 0.266. The number of carbonyl (C=O) groups excluding carboxylic acids is 2. The van der Waals surface area contributed by atoms with Gasteiger partial charge in [-0.2, -0.15) is 0 Å². The molecule has 3 nitrogen and oxygen atoms in total. The molecule has 3 aromatic rings. The maximum absolute atomic E-state index is 13.6. The third-order valence-electron chi connectivity index (χ3n) is 6.98. The van der Waals surface area contributed by atoms with Crippen molar-refractivity contribution in [2.45, 2.75) is 0 Å². The highest BCUT2D eigenvalue weighted by Crippen LogP contribution is 2.58. The second-order valence-electron chi connectivity index (χ2n) is 8.68. The highest BCUT2D eigenvalue weighted by Gasteiger charge is 2.62. The Morgan fingerprint density at radius 2 is 1.09 bits per heavy atom. The van der Waals surface area contributed by atoms with Crippen molar-refractivity contribution in [1.29, 1.82) is 0 Å². The first-order chi connectivity index (χ1) is 16.0. The molecule has 1 heterocycles. The fourth-order valence-electron chi connectivity index (χ4n) is 5.66. The normalized spacial score (nSPS) is 25.2. The molecule has 2 fully saturated rings. The van der Waals surface area contributed by atoms with Crippen LogP contribution in [0.1, 0.15) is 11.1 Å². The molecule has 0 radical (unpaired) electrons. The van der Waals surface area contributed by atoms with Gasteiger partial charge in [0.25, 0.3) is 0 Å². The van der Waals surface area contributed by atoms with Crippen LogP contribution in [0.2, 0.25) is 0 Å². The largest absolute Gasteiger partial charge is 0.274 e. The number of allylic oxidation sites excluding steroid dienone is 3. The van der Waals surface area contributed by atoms with E-state index in [9.17, 15) is 9.59 Å². The molecule has 2 aliphatic carbocycles. The van der Waals surface area contributed by atoms with Gasteiger partial charge < -0.3 is 0 Å². The first kappa shape index (κ1) is 20.8. The van der Waals surface area contributed by atoms with Gasteiger partial charge >= 0.3 is 0 Å². The SMILES string of the molecule is O=C1[C@H]2[C@H](C(=O)N1c1ccccc1)[C@H]1C=C[C@H]2C1=C(c1ccc(Br)cc1)c1ccc(Br)cc1. The van der Waals surface area contributed by atoms with E-state index in [1.165, 1.54) is 10.5 Å². The summed E-state index contributed by atoms with van der Waals surface area (Å²) in [6.07, 6.45) is 4.27. The van der Waals surface area contributed by atoms with Crippen LogP contribution in [0.3, 0.4) is 0 Å². The molecule has 4 atom stereocenters. The van der Waals surface area contributed by atoms with Gasteiger partial charge in [0.05, 0.1) is 17.5 Å². The molecule has 33 heavy (non-hydrogen) atoms. The molecule has 0 N–H and O–H groups in total. The first-order valence-electron chi connectivity index (χ1n) is 10.9. The smallest absolute Gasteiger partial charge is 0.238 e. The number of hydrogen-bond donors (Lipinski definition) is 0. The molecule has 162 valence electrons. The Hall–Kier alpha value is -2.76. The van der Waals surface area contributed by atoms with Crippen molar-refractivity contribution < 1.29 is 9.59 Å². The number of nitrogens with zero attached hydrogens (tertiary/aromatic N) is 1. The zero-order chi connectivity index (χ0) is 22.7. The van der Waals surface area contributed by atoms with E-state index in [1.807, 2.05) is 54.6 Å². The fourth-order valence-corrected chi connectivity index (χ4v) is 6.19. The lowest BCUT2D eigenvalue weighted by Crippen LogP contribution is -2.33. The van der Waals surface area contributed by atoms with Crippen LogP contribution in [-0.2, 0) is 9.59 Å². The molecule has 5 heteroatoms. The van der Waals surface area contributed by atoms with Gasteiger partial charge in [-0.1, -0.05) is 86.5 Å². The summed E-state index contributed by atoms with van der Waals surface area (Å²) < 4.78 is 2.03. The van der Waals surface area contributed by atoms with Crippen LogP contribution in [0.15, 0.2) is 106 Å². The number of hydrogen-bond acceptors (Lipinski definition) is 2. The van der Waals surface area contributed by atoms with Gasteiger partial charge in [-0.05, 0) is 58.7 Å². The lowest BCUT2D eigenvalue weighted by Gasteiger charge is -2.21. The Morgan fingerprint density at radius 1 is 0.636 bits per heavy atom. The average molecular weight is 561 g/mol. The summed E-state index contributed by atoms with van der Waals surface area (Å²) in [5.74, 6) is -1.01. The lowest BCUT2D eigenvalue weighted by atomic mass is 9.85. The third-order valence-corrected chi connectivity index (χ3v) is 8.04. The number of fused-ring (bicyclic) bond motifs is 5. The number of carbonyl (C=O) groups is 2. The molecule has 6 rings (SSSR count). The molecule has 3 aromatic carbocycles. The van der Waals surface area contributed by atoms with E-state index in [4.69, 9.17) is 0 Å². The molecular formula is C28H19Br2NO2. The molecule has 1 saturated heterocycles. The van der Waals surface area contributed by atoms with Crippen molar-refractivity contribution in [2.24, 2.45) is 23.7 Å². The van der Waals surface area contributed by atoms with Gasteiger partial charge in [-0.25, -0.2) is 4.90 Å². The highest BCUT2D eigenvalue weighted by atomic mass is 79.9. The van der Waals surface area contributed by atoms with Crippen LogP contribution in [0.4, 0.5) is 5.69 Å². The second-order valence-corrected chi connectivity index (χ2v) is 10.5. The number of anilines is 1. The van der Waals surface area contributed by atoms with Gasteiger partial charge in [-0.15, -0.1) is 0 Å². The van der Waals surface area contributed by atoms with E-state index >= 15 is 0 Å². The molecule has 3 aliphatic rings. The molecular weight excluding hydrogens is 542 g/mol. The minimum Gasteiger partial charge on any atom is -0.274 e. The van der Waals surface area contributed by atoms with E-state index in [0.29, 0.717) is 5.69 Å². The predicted octanol–water partition coefficient (Wildman–Crippen LogP) is 6.64. The molecule has 0 spiro atoms. The maximum Gasteiger partial charge on any atom is 0.238 e. The van der Waals surface area contributed by atoms with E-state index in [-0.39, 0.29) is 35.5 Å². The Bertz CT molecular complexity index is 1250. The van der Waals surface area contributed by atoms with Crippen LogP contribution in [0.5, 0.6) is 0 Å². The summed E-state index contributed by atoms with van der Waals surface area (Å²) in [4.78, 5) is 28.5. The summed E-state index contributed by atoms with van der Waals surface area (Å²) in [6, 6.07) is 25.8. The topological polar surface area (TPSA) is 37.4 Å². The van der Waals surface area contributed by atoms with Crippen LogP contribution in [0.25, 0.3) is 5.57 Å². The molecule has 2 amide bonds. The maximum atomic E-state index is 13.6. The summed E-state index contributed by atoms with van der Waals surface area (Å²) in [7, 11) is 0. The van der Waals surface area contributed by atoms with E-state index in [0.717, 1.165) is 25.6 Å². The van der Waals surface area contributed by atoms with E-state index < -0.39 is 0 Å². The summed E-state index contributed by atoms with van der Waals surface area (Å²) in [6.45, 7) is 0. The highest BCUT2D eigenvalue weighted by molar-refractivity contribution is 9.10.